The normalized spacial score (nSPS) is 18.9. The van der Waals surface area contributed by atoms with Crippen LogP contribution in [0.3, 0.4) is 0 Å². The van der Waals surface area contributed by atoms with E-state index in [1.807, 2.05) is 0 Å². The van der Waals surface area contributed by atoms with Gasteiger partial charge in [0, 0.05) is 18.1 Å². The number of halogens is 1. The molecule has 0 saturated carbocycles. The van der Waals surface area contributed by atoms with Crippen molar-refractivity contribution in [1.82, 2.24) is 4.31 Å². The van der Waals surface area contributed by atoms with E-state index in [1.165, 1.54) is 0 Å². The number of nitrogens with zero attached hydrogens (tertiary/aromatic N) is 1. The van der Waals surface area contributed by atoms with Gasteiger partial charge in [-0.2, -0.15) is 8.59 Å². The summed E-state index contributed by atoms with van der Waals surface area (Å²) in [5.41, 5.74) is 3.28. The molecule has 1 aromatic rings. The summed E-state index contributed by atoms with van der Waals surface area (Å²) in [5, 5.41) is 0.593. The SMILES string of the molecule is O=S(ONc1cccc(Cl)c1)N1CCOCC1. The second kappa shape index (κ2) is 6.32. The molecule has 0 radical (unpaired) electrons. The summed E-state index contributed by atoms with van der Waals surface area (Å²) < 4.78 is 23.6. The molecule has 0 spiro atoms. The third kappa shape index (κ3) is 3.93. The van der Waals surface area contributed by atoms with Gasteiger partial charge in [-0.25, -0.2) is 4.21 Å². The topological polar surface area (TPSA) is 50.8 Å². The van der Waals surface area contributed by atoms with Crippen molar-refractivity contribution in [2.24, 2.45) is 0 Å². The lowest BCUT2D eigenvalue weighted by molar-refractivity contribution is 0.0715. The maximum Gasteiger partial charge on any atom is 0.260 e. The minimum Gasteiger partial charge on any atom is -0.379 e. The Bertz CT molecular complexity index is 399. The summed E-state index contributed by atoms with van der Waals surface area (Å²) in [7, 11) is 0. The molecule has 1 aromatic carbocycles. The lowest BCUT2D eigenvalue weighted by Crippen LogP contribution is -2.38. The van der Waals surface area contributed by atoms with Crippen molar-refractivity contribution < 1.29 is 13.2 Å². The van der Waals surface area contributed by atoms with E-state index >= 15 is 0 Å². The zero-order chi connectivity index (χ0) is 12.1. The van der Waals surface area contributed by atoms with E-state index in [4.69, 9.17) is 20.6 Å². The molecule has 17 heavy (non-hydrogen) atoms. The Balaban J connectivity index is 1.83. The van der Waals surface area contributed by atoms with Crippen LogP contribution in [0.25, 0.3) is 0 Å². The monoisotopic (exact) mass is 276 g/mol. The summed E-state index contributed by atoms with van der Waals surface area (Å²) in [6.07, 6.45) is 0. The molecule has 5 nitrogen and oxygen atoms in total. The third-order valence-corrected chi connectivity index (χ3v) is 3.48. The lowest BCUT2D eigenvalue weighted by atomic mass is 10.3. The highest BCUT2D eigenvalue weighted by molar-refractivity contribution is 7.77. The Hall–Kier alpha value is -0.660. The molecule has 0 aliphatic carbocycles. The number of rotatable bonds is 4. The van der Waals surface area contributed by atoms with Crippen LogP contribution in [0.1, 0.15) is 0 Å². The second-order valence-corrected chi connectivity index (χ2v) is 5.01. The average molecular weight is 277 g/mol. The van der Waals surface area contributed by atoms with E-state index in [0.717, 1.165) is 0 Å². The molecule has 0 amide bonds. The van der Waals surface area contributed by atoms with Gasteiger partial charge in [0.1, 0.15) is 0 Å². The van der Waals surface area contributed by atoms with Crippen LogP contribution in [-0.4, -0.2) is 34.8 Å². The van der Waals surface area contributed by atoms with Crippen molar-refractivity contribution in [2.45, 2.75) is 0 Å². The van der Waals surface area contributed by atoms with Crippen molar-refractivity contribution in [1.29, 1.82) is 0 Å². The van der Waals surface area contributed by atoms with Gasteiger partial charge in [0.15, 0.2) is 0 Å². The zero-order valence-electron chi connectivity index (χ0n) is 9.10. The Kier molecular flexibility index (Phi) is 4.75. The van der Waals surface area contributed by atoms with E-state index in [9.17, 15) is 4.21 Å². The molecule has 1 fully saturated rings. The maximum absolute atomic E-state index is 11.7. The van der Waals surface area contributed by atoms with Gasteiger partial charge in [0.2, 0.25) is 0 Å². The van der Waals surface area contributed by atoms with Crippen LogP contribution in [0, 0.1) is 0 Å². The van der Waals surface area contributed by atoms with Crippen molar-refractivity contribution in [3.05, 3.63) is 29.3 Å². The van der Waals surface area contributed by atoms with E-state index in [-0.39, 0.29) is 0 Å². The first-order chi connectivity index (χ1) is 8.25. The molecule has 1 aliphatic heterocycles. The molecule has 1 N–H and O–H groups in total. The summed E-state index contributed by atoms with van der Waals surface area (Å²) >= 11 is 4.30. The van der Waals surface area contributed by atoms with Crippen molar-refractivity contribution in [2.75, 3.05) is 31.8 Å². The molecule has 1 heterocycles. The van der Waals surface area contributed by atoms with Crippen LogP contribution in [0.2, 0.25) is 5.02 Å². The standard InChI is InChI=1S/C10H13ClN2O3S/c11-9-2-1-3-10(8-9)12-16-17(14)13-4-6-15-7-5-13/h1-3,8,12H,4-7H2. The number of benzene rings is 1. The van der Waals surface area contributed by atoms with Gasteiger partial charge in [-0.3, -0.25) is 5.48 Å². The van der Waals surface area contributed by atoms with Gasteiger partial charge < -0.3 is 4.74 Å². The molecule has 0 aromatic heterocycles. The fourth-order valence-electron chi connectivity index (χ4n) is 1.38. The van der Waals surface area contributed by atoms with E-state index in [0.29, 0.717) is 37.0 Å². The number of anilines is 1. The van der Waals surface area contributed by atoms with Gasteiger partial charge in [0.05, 0.1) is 18.9 Å². The maximum atomic E-state index is 11.7. The predicted octanol–water partition coefficient (Wildman–Crippen LogP) is 1.59. The first-order valence-corrected chi connectivity index (χ1v) is 6.60. The average Bonchev–Trinajstić information content (AvgIpc) is 2.37. The fourth-order valence-corrected chi connectivity index (χ4v) is 2.29. The van der Waals surface area contributed by atoms with Crippen LogP contribution in [0.5, 0.6) is 0 Å². The summed E-state index contributed by atoms with van der Waals surface area (Å²) in [5.74, 6) is 0. The summed E-state index contributed by atoms with van der Waals surface area (Å²) in [4.78, 5) is 0. The highest BCUT2D eigenvalue weighted by Gasteiger charge is 2.17. The highest BCUT2D eigenvalue weighted by atomic mass is 35.5. The van der Waals surface area contributed by atoms with E-state index in [2.05, 4.69) is 5.48 Å². The molecular weight excluding hydrogens is 264 g/mol. The zero-order valence-corrected chi connectivity index (χ0v) is 10.7. The molecule has 1 unspecified atom stereocenters. The van der Waals surface area contributed by atoms with Gasteiger partial charge in [-0.15, -0.1) is 0 Å². The molecule has 2 rings (SSSR count). The smallest absolute Gasteiger partial charge is 0.260 e. The predicted molar refractivity (Wildman–Crippen MR) is 66.7 cm³/mol. The van der Waals surface area contributed by atoms with Crippen molar-refractivity contribution >= 4 is 28.6 Å². The summed E-state index contributed by atoms with van der Waals surface area (Å²) in [6.45, 7) is 2.35. The number of ether oxygens (including phenoxy) is 1. The third-order valence-electron chi connectivity index (χ3n) is 2.24. The number of nitrogens with one attached hydrogen (secondary N) is 1. The highest BCUT2D eigenvalue weighted by Crippen LogP contribution is 2.15. The molecular formula is C10H13ClN2O3S. The van der Waals surface area contributed by atoms with Crippen LogP contribution < -0.4 is 5.48 Å². The minimum atomic E-state index is -1.51. The van der Waals surface area contributed by atoms with Gasteiger partial charge in [-0.05, 0) is 18.2 Å². The Morgan fingerprint density at radius 1 is 1.41 bits per heavy atom. The Labute approximate surface area is 107 Å². The molecule has 1 atom stereocenters. The van der Waals surface area contributed by atoms with Gasteiger partial charge in [0.25, 0.3) is 11.3 Å². The lowest BCUT2D eigenvalue weighted by Gasteiger charge is -2.24. The van der Waals surface area contributed by atoms with Crippen molar-refractivity contribution in [3.8, 4) is 0 Å². The first-order valence-electron chi connectivity index (χ1n) is 5.19. The molecule has 1 saturated heterocycles. The molecule has 1 aliphatic rings. The van der Waals surface area contributed by atoms with E-state index in [1.54, 1.807) is 28.6 Å². The second-order valence-electron chi connectivity index (χ2n) is 3.45. The Morgan fingerprint density at radius 3 is 2.88 bits per heavy atom. The Morgan fingerprint density at radius 2 is 2.18 bits per heavy atom. The van der Waals surface area contributed by atoms with E-state index < -0.39 is 11.3 Å². The van der Waals surface area contributed by atoms with Gasteiger partial charge in [-0.1, -0.05) is 17.7 Å². The first kappa shape index (κ1) is 12.8. The van der Waals surface area contributed by atoms with Crippen LogP contribution in [-0.2, 0) is 20.3 Å². The minimum absolute atomic E-state index is 0.576. The molecule has 7 heteroatoms. The fraction of sp³-hybridized carbons (Fsp3) is 0.400. The van der Waals surface area contributed by atoms with Crippen molar-refractivity contribution in [3.63, 3.8) is 0 Å². The largest absolute Gasteiger partial charge is 0.379 e. The number of morpholine rings is 1. The van der Waals surface area contributed by atoms with Crippen LogP contribution in [0.4, 0.5) is 5.69 Å². The molecule has 94 valence electrons. The number of hydrogen-bond donors (Lipinski definition) is 1. The van der Waals surface area contributed by atoms with Crippen LogP contribution in [0.15, 0.2) is 24.3 Å². The molecule has 0 bridgehead atoms. The quantitative estimate of drug-likeness (QED) is 0.849. The van der Waals surface area contributed by atoms with Gasteiger partial charge >= 0.3 is 0 Å². The van der Waals surface area contributed by atoms with Crippen LogP contribution >= 0.6 is 11.6 Å². The summed E-state index contributed by atoms with van der Waals surface area (Å²) in [6, 6.07) is 7.01. The number of hydrogen-bond acceptors (Lipinski definition) is 4.